The predicted molar refractivity (Wildman–Crippen MR) is 58.9 cm³/mol. The Hall–Kier alpha value is -0.520. The summed E-state index contributed by atoms with van der Waals surface area (Å²) >= 11 is 1.99. The third-order valence-electron chi connectivity index (χ3n) is 1.75. The maximum absolute atomic E-state index is 12.3. The average molecular weight is 312 g/mol. The topological polar surface area (TPSA) is 0 Å². The lowest BCUT2D eigenvalue weighted by Gasteiger charge is -2.10. The van der Waals surface area contributed by atoms with Gasteiger partial charge in [-0.15, -0.1) is 0 Å². The fourth-order valence-corrected chi connectivity index (χ4v) is 1.82. The van der Waals surface area contributed by atoms with Crippen LogP contribution in [0.5, 0.6) is 0 Å². The molecule has 0 aliphatic carbocycles. The average Bonchev–Trinajstić information content (AvgIpc) is 2.02. The van der Waals surface area contributed by atoms with Crippen molar-refractivity contribution in [3.05, 3.63) is 39.5 Å². The van der Waals surface area contributed by atoms with E-state index < -0.39 is 11.7 Å². The standard InChI is InChI=1S/C10H8F3I/c1-6(2)8-5-7(10(11,12)13)3-4-9(8)14/h3-5H,1H2,2H3. The number of benzene rings is 1. The highest BCUT2D eigenvalue weighted by molar-refractivity contribution is 14.1. The summed E-state index contributed by atoms with van der Waals surface area (Å²) < 4.78 is 37.8. The van der Waals surface area contributed by atoms with Crippen LogP contribution in [-0.4, -0.2) is 0 Å². The van der Waals surface area contributed by atoms with E-state index in [1.807, 2.05) is 22.6 Å². The summed E-state index contributed by atoms with van der Waals surface area (Å²) in [6.07, 6.45) is -4.28. The minimum absolute atomic E-state index is 0.556. The van der Waals surface area contributed by atoms with Crippen LogP contribution in [0.1, 0.15) is 18.1 Å². The molecule has 0 saturated heterocycles. The maximum Gasteiger partial charge on any atom is 0.416 e. The first-order valence-corrected chi connectivity index (χ1v) is 4.93. The van der Waals surface area contributed by atoms with Gasteiger partial charge in [0, 0.05) is 3.57 Å². The van der Waals surface area contributed by atoms with Gasteiger partial charge in [-0.1, -0.05) is 6.58 Å². The lowest BCUT2D eigenvalue weighted by molar-refractivity contribution is -0.137. The Morgan fingerprint density at radius 3 is 2.36 bits per heavy atom. The Kier molecular flexibility index (Phi) is 3.24. The molecule has 0 bridgehead atoms. The van der Waals surface area contributed by atoms with Crippen LogP contribution in [0.15, 0.2) is 24.8 Å². The molecule has 0 nitrogen and oxygen atoms in total. The minimum Gasteiger partial charge on any atom is -0.166 e. The molecule has 1 aromatic carbocycles. The second kappa shape index (κ2) is 3.92. The second-order valence-corrected chi connectivity index (χ2v) is 4.13. The lowest BCUT2D eigenvalue weighted by atomic mass is 10.1. The van der Waals surface area contributed by atoms with Crippen molar-refractivity contribution < 1.29 is 13.2 Å². The van der Waals surface area contributed by atoms with Gasteiger partial charge in [-0.25, -0.2) is 0 Å². The zero-order valence-corrected chi connectivity index (χ0v) is 9.61. The van der Waals surface area contributed by atoms with Gasteiger partial charge in [-0.2, -0.15) is 13.2 Å². The van der Waals surface area contributed by atoms with Crippen molar-refractivity contribution in [3.8, 4) is 0 Å². The zero-order chi connectivity index (χ0) is 10.9. The van der Waals surface area contributed by atoms with Crippen LogP contribution in [0, 0.1) is 3.57 Å². The fraction of sp³-hybridized carbons (Fsp3) is 0.200. The van der Waals surface area contributed by atoms with Crippen molar-refractivity contribution in [1.29, 1.82) is 0 Å². The Balaban J connectivity index is 3.27. The molecule has 76 valence electrons. The fourth-order valence-electron chi connectivity index (χ4n) is 1.03. The molecular weight excluding hydrogens is 304 g/mol. The maximum atomic E-state index is 12.3. The Morgan fingerprint density at radius 1 is 1.36 bits per heavy atom. The SMILES string of the molecule is C=C(C)c1cc(C(F)(F)F)ccc1I. The van der Waals surface area contributed by atoms with Gasteiger partial charge in [-0.05, 0) is 58.9 Å². The summed E-state index contributed by atoms with van der Waals surface area (Å²) in [4.78, 5) is 0. The second-order valence-electron chi connectivity index (χ2n) is 2.97. The summed E-state index contributed by atoms with van der Waals surface area (Å²) in [6, 6.07) is 3.66. The minimum atomic E-state index is -4.28. The van der Waals surface area contributed by atoms with Gasteiger partial charge in [0.1, 0.15) is 0 Å². The van der Waals surface area contributed by atoms with Crippen LogP contribution in [-0.2, 0) is 6.18 Å². The van der Waals surface area contributed by atoms with Crippen molar-refractivity contribution in [3.63, 3.8) is 0 Å². The number of allylic oxidation sites excluding steroid dienone is 1. The largest absolute Gasteiger partial charge is 0.416 e. The summed E-state index contributed by atoms with van der Waals surface area (Å²) in [5.41, 5.74) is 0.567. The number of alkyl halides is 3. The van der Waals surface area contributed by atoms with Crippen molar-refractivity contribution in [2.24, 2.45) is 0 Å². The molecule has 0 atom stereocenters. The van der Waals surface area contributed by atoms with E-state index in [-0.39, 0.29) is 0 Å². The quantitative estimate of drug-likeness (QED) is 0.677. The molecule has 1 rings (SSSR count). The molecule has 4 heteroatoms. The molecule has 0 spiro atoms. The van der Waals surface area contributed by atoms with E-state index in [1.54, 1.807) is 6.92 Å². The Labute approximate surface area is 94.0 Å². The number of hydrogen-bond donors (Lipinski definition) is 0. The van der Waals surface area contributed by atoms with Crippen molar-refractivity contribution >= 4 is 28.2 Å². The van der Waals surface area contributed by atoms with Crippen LogP contribution in [0.3, 0.4) is 0 Å². The Morgan fingerprint density at radius 2 is 1.93 bits per heavy atom. The van der Waals surface area contributed by atoms with Crippen molar-refractivity contribution in [1.82, 2.24) is 0 Å². The van der Waals surface area contributed by atoms with Crippen LogP contribution in [0.2, 0.25) is 0 Å². The van der Waals surface area contributed by atoms with Gasteiger partial charge >= 0.3 is 6.18 Å². The first kappa shape index (κ1) is 11.6. The van der Waals surface area contributed by atoms with Gasteiger partial charge in [0.2, 0.25) is 0 Å². The van der Waals surface area contributed by atoms with E-state index >= 15 is 0 Å². The molecule has 0 aliphatic rings. The third-order valence-corrected chi connectivity index (χ3v) is 2.69. The van der Waals surface area contributed by atoms with Gasteiger partial charge in [0.25, 0.3) is 0 Å². The number of halogens is 4. The highest BCUT2D eigenvalue weighted by Crippen LogP contribution is 2.32. The predicted octanol–water partition coefficient (Wildman–Crippen LogP) is 4.34. The van der Waals surface area contributed by atoms with E-state index in [0.717, 1.165) is 15.7 Å². The normalized spacial score (nSPS) is 11.5. The first-order valence-electron chi connectivity index (χ1n) is 3.85. The van der Waals surface area contributed by atoms with Crippen LogP contribution < -0.4 is 0 Å². The molecule has 14 heavy (non-hydrogen) atoms. The van der Waals surface area contributed by atoms with Crippen LogP contribution in [0.25, 0.3) is 5.57 Å². The van der Waals surface area contributed by atoms with Gasteiger partial charge in [-0.3, -0.25) is 0 Å². The highest BCUT2D eigenvalue weighted by atomic mass is 127. The lowest BCUT2D eigenvalue weighted by Crippen LogP contribution is -2.05. The molecule has 0 fully saturated rings. The molecule has 0 radical (unpaired) electrons. The van der Waals surface area contributed by atoms with E-state index in [9.17, 15) is 13.2 Å². The molecule has 0 amide bonds. The summed E-state index contributed by atoms with van der Waals surface area (Å²) in [6.45, 7) is 5.33. The van der Waals surface area contributed by atoms with Crippen LogP contribution in [0.4, 0.5) is 13.2 Å². The molecule has 0 aliphatic heterocycles. The Bertz CT molecular complexity index is 366. The van der Waals surface area contributed by atoms with Crippen molar-refractivity contribution in [2.45, 2.75) is 13.1 Å². The summed E-state index contributed by atoms with van der Waals surface area (Å²) in [7, 11) is 0. The molecular formula is C10H8F3I. The molecule has 0 saturated carbocycles. The molecule has 0 aromatic heterocycles. The summed E-state index contributed by atoms with van der Waals surface area (Å²) in [5, 5.41) is 0. The molecule has 0 N–H and O–H groups in total. The first-order chi connectivity index (χ1) is 6.32. The smallest absolute Gasteiger partial charge is 0.166 e. The van der Waals surface area contributed by atoms with E-state index in [4.69, 9.17) is 0 Å². The monoisotopic (exact) mass is 312 g/mol. The van der Waals surface area contributed by atoms with Gasteiger partial charge < -0.3 is 0 Å². The highest BCUT2D eigenvalue weighted by Gasteiger charge is 2.30. The third kappa shape index (κ3) is 2.50. The molecule has 1 aromatic rings. The zero-order valence-electron chi connectivity index (χ0n) is 7.45. The summed E-state index contributed by atoms with van der Waals surface area (Å²) in [5.74, 6) is 0. The number of rotatable bonds is 1. The van der Waals surface area contributed by atoms with Gasteiger partial charge in [0.05, 0.1) is 5.56 Å². The van der Waals surface area contributed by atoms with Crippen LogP contribution >= 0.6 is 22.6 Å². The molecule has 0 unspecified atom stereocenters. The van der Waals surface area contributed by atoms with E-state index in [1.165, 1.54) is 6.07 Å². The number of hydrogen-bond acceptors (Lipinski definition) is 0. The van der Waals surface area contributed by atoms with E-state index in [2.05, 4.69) is 6.58 Å². The van der Waals surface area contributed by atoms with Crippen molar-refractivity contribution in [2.75, 3.05) is 0 Å². The van der Waals surface area contributed by atoms with E-state index in [0.29, 0.717) is 11.1 Å². The molecule has 0 heterocycles. The van der Waals surface area contributed by atoms with Gasteiger partial charge in [0.15, 0.2) is 0 Å².